The van der Waals surface area contributed by atoms with Crippen molar-refractivity contribution in [2.45, 2.75) is 0 Å². The Morgan fingerprint density at radius 2 is 0.586 bits per heavy atom. The first-order valence-electron chi connectivity index (χ1n) is 34.1. The van der Waals surface area contributed by atoms with E-state index in [0.29, 0.717) is 0 Å². The first kappa shape index (κ1) is 56.3. The van der Waals surface area contributed by atoms with Gasteiger partial charge in [-0.05, 0) is 169 Å². The molecule has 0 fully saturated rings. The van der Waals surface area contributed by atoms with Gasteiger partial charge in [-0.15, -0.1) is 0 Å². The largest absolute Gasteiger partial charge is 0.345 e. The highest BCUT2D eigenvalue weighted by Crippen LogP contribution is 2.47. The molecule has 0 N–H and O–H groups in total. The summed E-state index contributed by atoms with van der Waals surface area (Å²) < 4.78 is 9.83. The van der Waals surface area contributed by atoms with E-state index in [1.807, 2.05) is 0 Å². The van der Waals surface area contributed by atoms with Gasteiger partial charge in [0.2, 0.25) is 6.71 Å². The first-order chi connectivity index (χ1) is 49.1. The molecule has 0 aliphatic carbocycles. The van der Waals surface area contributed by atoms with E-state index in [-0.39, 0.29) is 6.71 Å². The molecule has 0 bridgehead atoms. The molecule has 0 saturated heterocycles. The highest BCUT2D eigenvalue weighted by atomic mass is 15.2. The average molecular weight is 1260 g/mol. The van der Waals surface area contributed by atoms with Crippen LogP contribution in [0.1, 0.15) is 0 Å². The van der Waals surface area contributed by atoms with Crippen molar-refractivity contribution in [1.29, 1.82) is 0 Å². The molecular weight excluding hydrogens is 1200 g/mol. The van der Waals surface area contributed by atoms with E-state index in [1.54, 1.807) is 0 Å². The van der Waals surface area contributed by atoms with Gasteiger partial charge in [0.15, 0.2) is 0 Å². The van der Waals surface area contributed by atoms with Crippen molar-refractivity contribution in [1.82, 2.24) is 18.3 Å². The Kier molecular flexibility index (Phi) is 12.8. The monoisotopic (exact) mass is 1260 g/mol. The summed E-state index contributed by atoms with van der Waals surface area (Å²) in [5.74, 6) is 0. The van der Waals surface area contributed by atoms with E-state index in [0.717, 1.165) is 90.1 Å². The fourth-order valence-electron chi connectivity index (χ4n) is 16.5. The topological polar surface area (TPSA) is 29.4 Å². The molecule has 0 spiro atoms. The molecule has 0 saturated carbocycles. The maximum atomic E-state index is 2.55. The normalized spacial score (nSPS) is 12.3. The summed E-state index contributed by atoms with van der Waals surface area (Å²) in [6.07, 6.45) is 0. The zero-order chi connectivity index (χ0) is 65.2. The number of hydrogen-bond donors (Lipinski definition) is 0. The summed E-state index contributed by atoms with van der Waals surface area (Å²) in [4.78, 5) is 7.36. The molecule has 0 radical (unpaired) electrons. The number of fused-ring (bicyclic) bond motifs is 14. The molecule has 99 heavy (non-hydrogen) atoms. The van der Waals surface area contributed by atoms with Crippen molar-refractivity contribution in [3.05, 3.63) is 358 Å². The van der Waals surface area contributed by atoms with Gasteiger partial charge in [0.25, 0.3) is 0 Å². The summed E-state index contributed by atoms with van der Waals surface area (Å²) in [5.41, 5.74) is 25.9. The van der Waals surface area contributed by atoms with E-state index < -0.39 is 0 Å². The minimum absolute atomic E-state index is 0.242. The minimum atomic E-state index is -0.242. The molecule has 0 amide bonds. The predicted molar refractivity (Wildman–Crippen MR) is 419 cm³/mol. The van der Waals surface area contributed by atoms with Crippen LogP contribution in [0, 0.1) is 0 Å². The SMILES string of the molecule is CN(c1ccccc1)c1cc(N(c2ccccc2)c2ccccc2)cc2c1B(c1ccc(-n3c4ccccc4c4ccccc43)cc1)c1ccc(-n3c4ccc(-n5c6ccccc6c6ccccc65)cc4c4cc(-n5c6ccccc6c6ccccc65)ccc43)cc1N2c1ccccc1. The lowest BCUT2D eigenvalue weighted by Crippen LogP contribution is -2.58. The maximum Gasteiger partial charge on any atom is 0.249 e. The highest BCUT2D eigenvalue weighted by Gasteiger charge is 2.40. The second-order valence-electron chi connectivity index (χ2n) is 26.1. The molecule has 464 valence electrons. The standard InChI is InChI=1S/C91H62BN7/c1-93(62-26-6-2-7-27-62)89-59-70(94(63-28-8-3-9-29-63)64-30-10-4-11-31-64)60-90-91(89)92(61-46-48-66(49-47-61)95-80-40-20-14-34-71(80)72-35-15-21-41-81(72)95)79-53-50-69(58-88(79)96(90)65-32-12-5-13-33-65)99-86-54-51-67(97-82-42-22-16-36-73(82)74-37-17-23-43-83(74)97)56-77(86)78-57-68(52-55-87(78)99)98-84-44-24-18-38-75(84)76-39-19-25-45-85(76)98/h2-60H,1H3. The number of anilines is 8. The zero-order valence-electron chi connectivity index (χ0n) is 54.3. The van der Waals surface area contributed by atoms with Gasteiger partial charge in [0.1, 0.15) is 0 Å². The van der Waals surface area contributed by atoms with E-state index in [1.165, 1.54) is 81.8 Å². The van der Waals surface area contributed by atoms with Crippen LogP contribution in [0.15, 0.2) is 358 Å². The van der Waals surface area contributed by atoms with E-state index in [4.69, 9.17) is 0 Å². The van der Waals surface area contributed by atoms with Crippen LogP contribution in [0.2, 0.25) is 0 Å². The zero-order valence-corrected chi connectivity index (χ0v) is 54.3. The van der Waals surface area contributed by atoms with Gasteiger partial charge in [-0.1, -0.05) is 206 Å². The van der Waals surface area contributed by atoms with Crippen molar-refractivity contribution in [3.8, 4) is 22.7 Å². The predicted octanol–water partition coefficient (Wildman–Crippen LogP) is 21.6. The van der Waals surface area contributed by atoms with Gasteiger partial charge >= 0.3 is 0 Å². The summed E-state index contributed by atoms with van der Waals surface area (Å²) in [5, 5.41) is 9.75. The second kappa shape index (κ2) is 22.6. The molecule has 8 heteroatoms. The third-order valence-electron chi connectivity index (χ3n) is 20.8. The van der Waals surface area contributed by atoms with Gasteiger partial charge in [-0.2, -0.15) is 0 Å². The number of benzene rings is 15. The van der Waals surface area contributed by atoms with Crippen LogP contribution in [0.25, 0.3) is 110 Å². The van der Waals surface area contributed by atoms with Crippen LogP contribution >= 0.6 is 0 Å². The maximum absolute atomic E-state index is 2.55. The molecule has 0 atom stereocenters. The molecule has 0 unspecified atom stereocenters. The van der Waals surface area contributed by atoms with E-state index in [2.05, 4.69) is 398 Å². The third kappa shape index (κ3) is 8.79. The Balaban J connectivity index is 0.863. The quantitative estimate of drug-likeness (QED) is 0.121. The van der Waals surface area contributed by atoms with Crippen LogP contribution < -0.4 is 31.1 Å². The Hall–Kier alpha value is -13.0. The van der Waals surface area contributed by atoms with Crippen LogP contribution in [0.5, 0.6) is 0 Å². The molecule has 19 aromatic rings. The minimum Gasteiger partial charge on any atom is -0.345 e. The molecule has 5 heterocycles. The summed E-state index contributed by atoms with van der Waals surface area (Å²) in [6.45, 7) is -0.242. The fraction of sp³-hybridized carbons (Fsp3) is 0.0110. The van der Waals surface area contributed by atoms with Gasteiger partial charge in [-0.3, -0.25) is 0 Å². The van der Waals surface area contributed by atoms with Gasteiger partial charge < -0.3 is 33.0 Å². The molecular formula is C91H62BN7. The van der Waals surface area contributed by atoms with Crippen molar-refractivity contribution >= 4 is 156 Å². The number of rotatable bonds is 11. The van der Waals surface area contributed by atoms with Crippen LogP contribution in [0.3, 0.4) is 0 Å². The molecule has 1 aliphatic rings. The lowest BCUT2D eigenvalue weighted by molar-refractivity contribution is 1.15. The fourth-order valence-corrected chi connectivity index (χ4v) is 16.5. The van der Waals surface area contributed by atoms with Gasteiger partial charge in [0, 0.05) is 113 Å². The Morgan fingerprint density at radius 3 is 1.02 bits per heavy atom. The Labute approximate surface area is 573 Å². The summed E-state index contributed by atoms with van der Waals surface area (Å²) >= 11 is 0. The number of nitrogens with zero attached hydrogens (tertiary/aromatic N) is 7. The lowest BCUT2D eigenvalue weighted by Gasteiger charge is -2.41. The smallest absolute Gasteiger partial charge is 0.249 e. The second-order valence-corrected chi connectivity index (χ2v) is 26.1. The van der Waals surface area contributed by atoms with Crippen LogP contribution in [-0.2, 0) is 0 Å². The first-order valence-corrected chi connectivity index (χ1v) is 34.1. The summed E-state index contributed by atoms with van der Waals surface area (Å²) in [7, 11) is 2.24. The number of para-hydroxylation sites is 10. The summed E-state index contributed by atoms with van der Waals surface area (Å²) in [6, 6.07) is 132. The molecule has 7 nitrogen and oxygen atoms in total. The third-order valence-corrected chi connectivity index (χ3v) is 20.8. The Morgan fingerprint density at radius 1 is 0.242 bits per heavy atom. The van der Waals surface area contributed by atoms with Crippen molar-refractivity contribution in [2.75, 3.05) is 21.7 Å². The average Bonchev–Trinajstić information content (AvgIpc) is 1.46. The molecule has 4 aromatic heterocycles. The van der Waals surface area contributed by atoms with E-state index in [9.17, 15) is 0 Å². The van der Waals surface area contributed by atoms with Crippen molar-refractivity contribution < 1.29 is 0 Å². The van der Waals surface area contributed by atoms with Crippen LogP contribution in [-0.4, -0.2) is 32.0 Å². The van der Waals surface area contributed by atoms with Crippen LogP contribution in [0.4, 0.5) is 45.5 Å². The van der Waals surface area contributed by atoms with Crippen molar-refractivity contribution in [2.24, 2.45) is 0 Å². The molecule has 1 aliphatic heterocycles. The Bertz CT molecular complexity index is 6020. The highest BCUT2D eigenvalue weighted by molar-refractivity contribution is 6.99. The number of aromatic nitrogens is 4. The molecule has 20 rings (SSSR count). The van der Waals surface area contributed by atoms with E-state index >= 15 is 0 Å². The number of hydrogen-bond acceptors (Lipinski definition) is 3. The van der Waals surface area contributed by atoms with Gasteiger partial charge in [0.05, 0.1) is 49.8 Å². The van der Waals surface area contributed by atoms with Gasteiger partial charge in [-0.25, -0.2) is 0 Å². The molecule has 15 aromatic carbocycles. The lowest BCUT2D eigenvalue weighted by atomic mass is 9.34. The van der Waals surface area contributed by atoms with Crippen molar-refractivity contribution in [3.63, 3.8) is 0 Å².